The highest BCUT2D eigenvalue weighted by Gasteiger charge is 2.10. The molecule has 2 heterocycles. The summed E-state index contributed by atoms with van der Waals surface area (Å²) in [4.78, 5) is 17.2. The van der Waals surface area contributed by atoms with Crippen molar-refractivity contribution in [3.8, 4) is 17.0 Å². The molecule has 0 bridgehead atoms. The first kappa shape index (κ1) is 9.26. The lowest BCUT2D eigenvalue weighted by atomic mass is 10.2. The monoisotopic (exact) mass is 204 g/mol. The SMILES string of the molecule is O=C(O)Oc1cc[nH]c1-c1cccnc1. The Morgan fingerprint density at radius 3 is 3.00 bits per heavy atom. The van der Waals surface area contributed by atoms with Crippen LogP contribution in [0.1, 0.15) is 0 Å². The van der Waals surface area contributed by atoms with Crippen LogP contribution in [0.25, 0.3) is 11.3 Å². The first-order valence-electron chi connectivity index (χ1n) is 4.26. The highest BCUT2D eigenvalue weighted by Crippen LogP contribution is 2.27. The number of aromatic nitrogens is 2. The molecule has 0 aliphatic rings. The summed E-state index contributed by atoms with van der Waals surface area (Å²) >= 11 is 0. The molecule has 2 aromatic heterocycles. The van der Waals surface area contributed by atoms with E-state index in [1.807, 2.05) is 6.07 Å². The van der Waals surface area contributed by atoms with Crippen LogP contribution in [0.2, 0.25) is 0 Å². The summed E-state index contributed by atoms with van der Waals surface area (Å²) in [6, 6.07) is 5.13. The zero-order valence-electron chi connectivity index (χ0n) is 7.68. The van der Waals surface area contributed by atoms with Crippen LogP contribution in [0.5, 0.6) is 5.75 Å². The van der Waals surface area contributed by atoms with E-state index < -0.39 is 6.16 Å². The van der Waals surface area contributed by atoms with E-state index in [1.54, 1.807) is 30.7 Å². The van der Waals surface area contributed by atoms with Gasteiger partial charge in [-0.05, 0) is 18.2 Å². The van der Waals surface area contributed by atoms with E-state index in [-0.39, 0.29) is 5.75 Å². The number of carbonyl (C=O) groups is 1. The fraction of sp³-hybridized carbons (Fsp3) is 0. The average Bonchev–Trinajstić information content (AvgIpc) is 2.66. The third-order valence-corrected chi connectivity index (χ3v) is 1.86. The van der Waals surface area contributed by atoms with Crippen molar-refractivity contribution in [2.24, 2.45) is 0 Å². The smallest absolute Gasteiger partial charge is 0.449 e. The molecule has 15 heavy (non-hydrogen) atoms. The second kappa shape index (κ2) is 3.83. The molecule has 0 atom stereocenters. The number of hydrogen-bond acceptors (Lipinski definition) is 3. The zero-order valence-corrected chi connectivity index (χ0v) is 7.68. The molecule has 5 nitrogen and oxygen atoms in total. The second-order valence-corrected chi connectivity index (χ2v) is 2.83. The predicted molar refractivity (Wildman–Crippen MR) is 52.7 cm³/mol. The number of ether oxygens (including phenoxy) is 1. The molecule has 0 aromatic carbocycles. The van der Waals surface area contributed by atoms with E-state index in [0.29, 0.717) is 5.69 Å². The topological polar surface area (TPSA) is 75.2 Å². The Balaban J connectivity index is 2.37. The Bertz CT molecular complexity index is 465. The summed E-state index contributed by atoms with van der Waals surface area (Å²) in [5.74, 6) is 0.274. The number of pyridine rings is 1. The van der Waals surface area contributed by atoms with Gasteiger partial charge in [0.15, 0.2) is 5.75 Å². The maximum absolute atomic E-state index is 10.4. The van der Waals surface area contributed by atoms with Crippen LogP contribution in [0.15, 0.2) is 36.8 Å². The maximum atomic E-state index is 10.4. The van der Waals surface area contributed by atoms with Gasteiger partial charge in [0.25, 0.3) is 0 Å². The van der Waals surface area contributed by atoms with Gasteiger partial charge in [-0.2, -0.15) is 0 Å². The van der Waals surface area contributed by atoms with Gasteiger partial charge in [-0.1, -0.05) is 0 Å². The molecule has 0 unspecified atom stereocenters. The van der Waals surface area contributed by atoms with Gasteiger partial charge in [-0.25, -0.2) is 4.79 Å². The molecule has 0 fully saturated rings. The Morgan fingerprint density at radius 1 is 1.47 bits per heavy atom. The van der Waals surface area contributed by atoms with Crippen molar-refractivity contribution in [2.75, 3.05) is 0 Å². The minimum Gasteiger partial charge on any atom is -0.449 e. The summed E-state index contributed by atoms with van der Waals surface area (Å²) in [6.45, 7) is 0. The standard InChI is InChI=1S/C10H8N2O3/c13-10(14)15-8-3-5-12-9(8)7-2-1-4-11-6-7/h1-6,12H,(H,13,14). The lowest BCUT2D eigenvalue weighted by Gasteiger charge is -2.01. The van der Waals surface area contributed by atoms with Crippen LogP contribution in [-0.2, 0) is 0 Å². The molecule has 0 saturated carbocycles. The molecule has 2 N–H and O–H groups in total. The fourth-order valence-corrected chi connectivity index (χ4v) is 1.27. The highest BCUT2D eigenvalue weighted by atomic mass is 16.7. The van der Waals surface area contributed by atoms with Crippen LogP contribution in [0, 0.1) is 0 Å². The molecular formula is C10H8N2O3. The van der Waals surface area contributed by atoms with Crippen LogP contribution in [0.4, 0.5) is 4.79 Å². The number of rotatable bonds is 2. The van der Waals surface area contributed by atoms with E-state index in [4.69, 9.17) is 5.11 Å². The van der Waals surface area contributed by atoms with Gasteiger partial charge in [0.2, 0.25) is 0 Å². The van der Waals surface area contributed by atoms with Crippen molar-refractivity contribution >= 4 is 6.16 Å². The van der Waals surface area contributed by atoms with Crippen LogP contribution in [-0.4, -0.2) is 21.2 Å². The number of carboxylic acid groups (broad SMARTS) is 1. The Kier molecular flexibility index (Phi) is 2.37. The van der Waals surface area contributed by atoms with Crippen molar-refractivity contribution in [1.29, 1.82) is 0 Å². The second-order valence-electron chi connectivity index (χ2n) is 2.83. The van der Waals surface area contributed by atoms with Crippen molar-refractivity contribution < 1.29 is 14.6 Å². The summed E-state index contributed by atoms with van der Waals surface area (Å²) in [7, 11) is 0. The lowest BCUT2D eigenvalue weighted by Crippen LogP contribution is -2.03. The average molecular weight is 204 g/mol. The fourth-order valence-electron chi connectivity index (χ4n) is 1.27. The van der Waals surface area contributed by atoms with Crippen molar-refractivity contribution in [3.05, 3.63) is 36.8 Å². The predicted octanol–water partition coefficient (Wildman–Crippen LogP) is 2.13. The van der Waals surface area contributed by atoms with E-state index >= 15 is 0 Å². The van der Waals surface area contributed by atoms with Crippen LogP contribution in [0.3, 0.4) is 0 Å². The molecule has 0 aliphatic heterocycles. The van der Waals surface area contributed by atoms with Crippen molar-refractivity contribution in [2.45, 2.75) is 0 Å². The summed E-state index contributed by atoms with van der Waals surface area (Å²) in [5, 5.41) is 8.50. The van der Waals surface area contributed by atoms with Crippen molar-refractivity contribution in [1.82, 2.24) is 9.97 Å². The zero-order chi connectivity index (χ0) is 10.7. The molecule has 0 amide bonds. The molecule has 0 spiro atoms. The van der Waals surface area contributed by atoms with Crippen molar-refractivity contribution in [3.63, 3.8) is 0 Å². The van der Waals surface area contributed by atoms with Gasteiger partial charge in [-0.15, -0.1) is 0 Å². The van der Waals surface area contributed by atoms with E-state index in [1.165, 1.54) is 0 Å². The third kappa shape index (κ3) is 1.96. The maximum Gasteiger partial charge on any atom is 0.511 e. The highest BCUT2D eigenvalue weighted by molar-refractivity contribution is 5.70. The minimum atomic E-state index is -1.33. The van der Waals surface area contributed by atoms with Crippen LogP contribution < -0.4 is 4.74 Å². The first-order valence-corrected chi connectivity index (χ1v) is 4.26. The number of aromatic amines is 1. The lowest BCUT2D eigenvalue weighted by molar-refractivity contribution is 0.144. The summed E-state index contributed by atoms with van der Waals surface area (Å²) in [6.07, 6.45) is 3.55. The largest absolute Gasteiger partial charge is 0.511 e. The van der Waals surface area contributed by atoms with E-state index in [9.17, 15) is 4.79 Å². The van der Waals surface area contributed by atoms with Gasteiger partial charge in [0.1, 0.15) is 0 Å². The van der Waals surface area contributed by atoms with Gasteiger partial charge in [0, 0.05) is 24.2 Å². The Morgan fingerprint density at radius 2 is 2.33 bits per heavy atom. The number of nitrogens with one attached hydrogen (secondary N) is 1. The molecule has 76 valence electrons. The summed E-state index contributed by atoms with van der Waals surface area (Å²) in [5.41, 5.74) is 1.38. The molecule has 5 heteroatoms. The van der Waals surface area contributed by atoms with E-state index in [0.717, 1.165) is 5.56 Å². The quantitative estimate of drug-likeness (QED) is 0.735. The Labute approximate surface area is 85.4 Å². The first-order chi connectivity index (χ1) is 7.27. The van der Waals surface area contributed by atoms with Gasteiger partial charge in [-0.3, -0.25) is 4.98 Å². The van der Waals surface area contributed by atoms with Gasteiger partial charge < -0.3 is 14.8 Å². The van der Waals surface area contributed by atoms with E-state index in [2.05, 4.69) is 14.7 Å². The number of hydrogen-bond donors (Lipinski definition) is 2. The summed E-state index contributed by atoms with van der Waals surface area (Å²) < 4.78 is 4.60. The molecular weight excluding hydrogens is 196 g/mol. The third-order valence-electron chi connectivity index (χ3n) is 1.86. The molecule has 0 radical (unpaired) electrons. The normalized spacial score (nSPS) is 9.87. The molecule has 0 saturated heterocycles. The molecule has 0 aliphatic carbocycles. The molecule has 2 aromatic rings. The van der Waals surface area contributed by atoms with Crippen LogP contribution >= 0.6 is 0 Å². The number of nitrogens with zero attached hydrogens (tertiary/aromatic N) is 1. The number of H-pyrrole nitrogens is 1. The molecule has 2 rings (SSSR count). The Hall–Kier alpha value is -2.30. The minimum absolute atomic E-state index is 0.274. The van der Waals surface area contributed by atoms with Gasteiger partial charge in [0.05, 0.1) is 5.69 Å². The van der Waals surface area contributed by atoms with Gasteiger partial charge >= 0.3 is 6.16 Å².